The second kappa shape index (κ2) is 5.87. The van der Waals surface area contributed by atoms with Crippen LogP contribution < -0.4 is 0 Å². The van der Waals surface area contributed by atoms with E-state index in [1.165, 1.54) is 5.56 Å². The first-order chi connectivity index (χ1) is 8.58. The SMILES string of the molecule is CC(C)CC(=O)N1CCCC1c1cccc(Br)c1. The van der Waals surface area contributed by atoms with Gasteiger partial charge >= 0.3 is 0 Å². The summed E-state index contributed by atoms with van der Waals surface area (Å²) in [6, 6.07) is 8.60. The highest BCUT2D eigenvalue weighted by Crippen LogP contribution is 2.33. The highest BCUT2D eigenvalue weighted by Gasteiger charge is 2.29. The molecule has 0 aromatic heterocycles. The predicted octanol–water partition coefficient (Wildman–Crippen LogP) is 4.16. The van der Waals surface area contributed by atoms with Crippen molar-refractivity contribution < 1.29 is 4.79 Å². The van der Waals surface area contributed by atoms with Gasteiger partial charge in [0, 0.05) is 17.4 Å². The summed E-state index contributed by atoms with van der Waals surface area (Å²) < 4.78 is 1.09. The number of amides is 1. The Balaban J connectivity index is 2.14. The molecule has 3 heteroatoms. The molecule has 2 nitrogen and oxygen atoms in total. The van der Waals surface area contributed by atoms with Gasteiger partial charge < -0.3 is 4.90 Å². The third kappa shape index (κ3) is 3.14. The van der Waals surface area contributed by atoms with Crippen LogP contribution in [0.4, 0.5) is 0 Å². The maximum absolute atomic E-state index is 12.2. The highest BCUT2D eigenvalue weighted by atomic mass is 79.9. The van der Waals surface area contributed by atoms with Gasteiger partial charge in [0.25, 0.3) is 0 Å². The Morgan fingerprint density at radius 1 is 1.50 bits per heavy atom. The summed E-state index contributed by atoms with van der Waals surface area (Å²) in [7, 11) is 0. The van der Waals surface area contributed by atoms with E-state index in [0.29, 0.717) is 18.2 Å². The minimum atomic E-state index is 0.272. The maximum Gasteiger partial charge on any atom is 0.223 e. The molecule has 0 radical (unpaired) electrons. The topological polar surface area (TPSA) is 20.3 Å². The van der Waals surface area contributed by atoms with Crippen LogP contribution in [0.25, 0.3) is 0 Å². The van der Waals surface area contributed by atoms with Gasteiger partial charge in [-0.3, -0.25) is 4.79 Å². The number of rotatable bonds is 3. The van der Waals surface area contributed by atoms with Gasteiger partial charge in [-0.1, -0.05) is 41.9 Å². The lowest BCUT2D eigenvalue weighted by Gasteiger charge is -2.26. The van der Waals surface area contributed by atoms with E-state index in [0.717, 1.165) is 23.9 Å². The van der Waals surface area contributed by atoms with Gasteiger partial charge in [0.2, 0.25) is 5.91 Å². The van der Waals surface area contributed by atoms with Crippen molar-refractivity contribution in [3.05, 3.63) is 34.3 Å². The number of carbonyl (C=O) groups excluding carboxylic acids is 1. The molecular formula is C15H20BrNO. The molecule has 1 amide bonds. The van der Waals surface area contributed by atoms with Crippen LogP contribution in [0.2, 0.25) is 0 Å². The van der Waals surface area contributed by atoms with Crippen LogP contribution in [-0.2, 0) is 4.79 Å². The molecule has 1 fully saturated rings. The molecule has 1 saturated heterocycles. The zero-order chi connectivity index (χ0) is 13.1. The normalized spacial score (nSPS) is 19.6. The maximum atomic E-state index is 12.2. The summed E-state index contributed by atoms with van der Waals surface area (Å²) in [5.74, 6) is 0.730. The Kier molecular flexibility index (Phi) is 4.44. The van der Waals surface area contributed by atoms with Crippen molar-refractivity contribution in [2.24, 2.45) is 5.92 Å². The fourth-order valence-electron chi connectivity index (χ4n) is 2.59. The first kappa shape index (κ1) is 13.6. The Morgan fingerprint density at radius 2 is 2.28 bits per heavy atom. The van der Waals surface area contributed by atoms with E-state index in [2.05, 4.69) is 46.8 Å². The number of benzene rings is 1. The van der Waals surface area contributed by atoms with Gasteiger partial charge in [0.15, 0.2) is 0 Å². The monoisotopic (exact) mass is 309 g/mol. The van der Waals surface area contributed by atoms with Gasteiger partial charge in [-0.2, -0.15) is 0 Å². The molecule has 0 aliphatic carbocycles. The molecule has 1 heterocycles. The standard InChI is InChI=1S/C15H20BrNO/c1-11(2)9-15(18)17-8-4-7-14(17)12-5-3-6-13(16)10-12/h3,5-6,10-11,14H,4,7-9H2,1-2H3. The average Bonchev–Trinajstić information content (AvgIpc) is 2.76. The Hall–Kier alpha value is -0.830. The first-order valence-electron chi connectivity index (χ1n) is 6.63. The van der Waals surface area contributed by atoms with E-state index in [1.807, 2.05) is 12.1 Å². The molecule has 1 aliphatic heterocycles. The molecule has 0 N–H and O–H groups in total. The summed E-state index contributed by atoms with van der Waals surface area (Å²) in [6.07, 6.45) is 2.85. The lowest BCUT2D eigenvalue weighted by atomic mass is 10.0. The minimum Gasteiger partial charge on any atom is -0.336 e. The minimum absolute atomic E-state index is 0.272. The van der Waals surface area contributed by atoms with Crippen molar-refractivity contribution in [2.75, 3.05) is 6.54 Å². The highest BCUT2D eigenvalue weighted by molar-refractivity contribution is 9.10. The summed E-state index contributed by atoms with van der Waals surface area (Å²) in [5.41, 5.74) is 1.25. The quantitative estimate of drug-likeness (QED) is 0.821. The van der Waals surface area contributed by atoms with Gasteiger partial charge in [-0.25, -0.2) is 0 Å². The number of hydrogen-bond donors (Lipinski definition) is 0. The van der Waals surface area contributed by atoms with Crippen LogP contribution in [0.1, 0.15) is 44.7 Å². The van der Waals surface area contributed by atoms with Crippen molar-refractivity contribution in [3.8, 4) is 0 Å². The largest absolute Gasteiger partial charge is 0.336 e. The van der Waals surface area contributed by atoms with Gasteiger partial charge in [-0.15, -0.1) is 0 Å². The van der Waals surface area contributed by atoms with E-state index in [4.69, 9.17) is 0 Å². The van der Waals surface area contributed by atoms with Gasteiger partial charge in [0.1, 0.15) is 0 Å². The van der Waals surface area contributed by atoms with Crippen LogP contribution in [0, 0.1) is 5.92 Å². The second-order valence-electron chi connectivity index (χ2n) is 5.40. The zero-order valence-electron chi connectivity index (χ0n) is 11.0. The first-order valence-corrected chi connectivity index (χ1v) is 7.42. The van der Waals surface area contributed by atoms with Gasteiger partial charge in [0.05, 0.1) is 6.04 Å². The summed E-state index contributed by atoms with van der Waals surface area (Å²) in [5, 5.41) is 0. The third-order valence-corrected chi connectivity index (χ3v) is 3.88. The molecule has 1 atom stereocenters. The van der Waals surface area contributed by atoms with Crippen molar-refractivity contribution >= 4 is 21.8 Å². The molecular weight excluding hydrogens is 290 g/mol. The van der Waals surface area contributed by atoms with Crippen LogP contribution in [0.5, 0.6) is 0 Å². The zero-order valence-corrected chi connectivity index (χ0v) is 12.6. The fraction of sp³-hybridized carbons (Fsp3) is 0.533. The van der Waals surface area contributed by atoms with E-state index in [-0.39, 0.29) is 6.04 Å². The van der Waals surface area contributed by atoms with Gasteiger partial charge in [-0.05, 0) is 36.5 Å². The van der Waals surface area contributed by atoms with Crippen molar-refractivity contribution in [2.45, 2.75) is 39.2 Å². The number of nitrogens with zero attached hydrogens (tertiary/aromatic N) is 1. The van der Waals surface area contributed by atoms with Crippen molar-refractivity contribution in [3.63, 3.8) is 0 Å². The van der Waals surface area contributed by atoms with Crippen LogP contribution in [0.3, 0.4) is 0 Å². The van der Waals surface area contributed by atoms with E-state index in [1.54, 1.807) is 0 Å². The summed E-state index contributed by atoms with van der Waals surface area (Å²) >= 11 is 3.50. The molecule has 98 valence electrons. The summed E-state index contributed by atoms with van der Waals surface area (Å²) in [4.78, 5) is 14.3. The molecule has 0 spiro atoms. The molecule has 2 rings (SSSR count). The molecule has 1 unspecified atom stereocenters. The fourth-order valence-corrected chi connectivity index (χ4v) is 3.01. The Labute approximate surface area is 117 Å². The van der Waals surface area contributed by atoms with Crippen molar-refractivity contribution in [1.82, 2.24) is 4.90 Å². The number of hydrogen-bond acceptors (Lipinski definition) is 1. The third-order valence-electron chi connectivity index (χ3n) is 3.39. The molecule has 1 aromatic rings. The lowest BCUT2D eigenvalue weighted by molar-refractivity contribution is -0.132. The molecule has 18 heavy (non-hydrogen) atoms. The molecule has 0 bridgehead atoms. The lowest BCUT2D eigenvalue weighted by Crippen LogP contribution is -2.31. The van der Waals surface area contributed by atoms with E-state index >= 15 is 0 Å². The van der Waals surface area contributed by atoms with Crippen molar-refractivity contribution in [1.29, 1.82) is 0 Å². The van der Waals surface area contributed by atoms with Crippen LogP contribution >= 0.6 is 15.9 Å². The second-order valence-corrected chi connectivity index (χ2v) is 6.31. The molecule has 0 saturated carbocycles. The predicted molar refractivity (Wildman–Crippen MR) is 77.3 cm³/mol. The Bertz CT molecular complexity index is 430. The Morgan fingerprint density at radius 3 is 2.94 bits per heavy atom. The van der Waals surface area contributed by atoms with E-state index in [9.17, 15) is 4.79 Å². The van der Waals surface area contributed by atoms with Crippen LogP contribution in [-0.4, -0.2) is 17.4 Å². The number of halogens is 1. The van der Waals surface area contributed by atoms with Crippen LogP contribution in [0.15, 0.2) is 28.7 Å². The molecule has 1 aliphatic rings. The number of likely N-dealkylation sites (tertiary alicyclic amines) is 1. The number of carbonyl (C=O) groups is 1. The van der Waals surface area contributed by atoms with E-state index < -0.39 is 0 Å². The smallest absolute Gasteiger partial charge is 0.223 e. The summed E-state index contributed by atoms with van der Waals surface area (Å²) in [6.45, 7) is 5.10. The average molecular weight is 310 g/mol. The molecule has 1 aromatic carbocycles.